The van der Waals surface area contributed by atoms with E-state index in [1.807, 2.05) is 30.5 Å². The minimum atomic E-state index is -0.293. The maximum absolute atomic E-state index is 12.9. The molecule has 2 heterocycles. The lowest BCUT2D eigenvalue weighted by atomic mass is 10.2. The largest absolute Gasteiger partial charge is 0.360 e. The van der Waals surface area contributed by atoms with Crippen LogP contribution in [0.2, 0.25) is 0 Å². The van der Waals surface area contributed by atoms with Gasteiger partial charge in [0, 0.05) is 22.7 Å². The first-order chi connectivity index (χ1) is 10.3. The zero-order valence-electron chi connectivity index (χ0n) is 10.9. The van der Waals surface area contributed by atoms with E-state index in [1.54, 1.807) is 12.1 Å². The zero-order valence-corrected chi connectivity index (χ0v) is 10.9. The van der Waals surface area contributed by atoms with Crippen molar-refractivity contribution in [3.8, 4) is 22.8 Å². The van der Waals surface area contributed by atoms with Crippen LogP contribution in [-0.4, -0.2) is 15.1 Å². The molecule has 4 aromatic rings. The first-order valence-electron chi connectivity index (χ1n) is 6.47. The normalized spacial score (nSPS) is 11.1. The van der Waals surface area contributed by atoms with Gasteiger partial charge in [-0.2, -0.15) is 4.98 Å². The Morgan fingerprint density at radius 1 is 1.00 bits per heavy atom. The number of halogens is 1. The van der Waals surface area contributed by atoms with Crippen LogP contribution in [0.5, 0.6) is 0 Å². The number of aromatic amines is 1. The van der Waals surface area contributed by atoms with Gasteiger partial charge in [0.15, 0.2) is 0 Å². The third kappa shape index (κ3) is 1.99. The van der Waals surface area contributed by atoms with Gasteiger partial charge < -0.3 is 9.51 Å². The quantitative estimate of drug-likeness (QED) is 0.603. The van der Waals surface area contributed by atoms with Crippen LogP contribution in [0.3, 0.4) is 0 Å². The van der Waals surface area contributed by atoms with Crippen molar-refractivity contribution in [3.05, 3.63) is 60.5 Å². The lowest BCUT2D eigenvalue weighted by molar-refractivity contribution is 0.432. The minimum absolute atomic E-state index is 0.293. The van der Waals surface area contributed by atoms with Gasteiger partial charge >= 0.3 is 0 Å². The van der Waals surface area contributed by atoms with Crippen LogP contribution in [0.4, 0.5) is 4.39 Å². The Morgan fingerprint density at radius 2 is 1.81 bits per heavy atom. The Balaban J connectivity index is 1.79. The fraction of sp³-hybridized carbons (Fsp3) is 0. The number of nitrogens with zero attached hydrogens (tertiary/aromatic N) is 2. The number of rotatable bonds is 2. The third-order valence-electron chi connectivity index (χ3n) is 3.35. The fourth-order valence-corrected chi connectivity index (χ4v) is 2.30. The maximum Gasteiger partial charge on any atom is 0.260 e. The summed E-state index contributed by atoms with van der Waals surface area (Å²) < 4.78 is 18.3. The molecule has 4 rings (SSSR count). The molecule has 5 heteroatoms. The molecule has 1 N–H and O–H groups in total. The Morgan fingerprint density at radius 3 is 2.67 bits per heavy atom. The summed E-state index contributed by atoms with van der Waals surface area (Å²) >= 11 is 0. The van der Waals surface area contributed by atoms with Crippen LogP contribution in [0.1, 0.15) is 0 Å². The van der Waals surface area contributed by atoms with Gasteiger partial charge in [-0.1, -0.05) is 23.4 Å². The monoisotopic (exact) mass is 279 g/mol. The van der Waals surface area contributed by atoms with Gasteiger partial charge in [0.1, 0.15) is 5.82 Å². The molecule has 0 aliphatic heterocycles. The molecule has 0 radical (unpaired) electrons. The SMILES string of the molecule is Fc1ccc(-c2noc(-c3c[nH]c4ccccc34)n2)cc1. The smallest absolute Gasteiger partial charge is 0.260 e. The second-order valence-electron chi connectivity index (χ2n) is 4.68. The maximum atomic E-state index is 12.9. The van der Waals surface area contributed by atoms with Crippen LogP contribution >= 0.6 is 0 Å². The van der Waals surface area contributed by atoms with Crippen molar-refractivity contribution in [3.63, 3.8) is 0 Å². The molecule has 102 valence electrons. The van der Waals surface area contributed by atoms with Gasteiger partial charge in [0.2, 0.25) is 5.82 Å². The number of nitrogens with one attached hydrogen (secondary N) is 1. The molecule has 2 aromatic carbocycles. The molecule has 0 spiro atoms. The van der Waals surface area contributed by atoms with Gasteiger partial charge in [-0.05, 0) is 30.3 Å². The van der Waals surface area contributed by atoms with Crippen molar-refractivity contribution < 1.29 is 8.91 Å². The number of fused-ring (bicyclic) bond motifs is 1. The second kappa shape index (κ2) is 4.56. The van der Waals surface area contributed by atoms with E-state index in [0.717, 1.165) is 16.5 Å². The predicted octanol–water partition coefficient (Wildman–Crippen LogP) is 4.02. The minimum Gasteiger partial charge on any atom is -0.360 e. The lowest BCUT2D eigenvalue weighted by Crippen LogP contribution is -1.81. The summed E-state index contributed by atoms with van der Waals surface area (Å²) in [5.41, 5.74) is 2.58. The number of para-hydroxylation sites is 1. The highest BCUT2D eigenvalue weighted by Crippen LogP contribution is 2.28. The van der Waals surface area contributed by atoms with E-state index in [4.69, 9.17) is 4.52 Å². The molecule has 0 aliphatic carbocycles. The van der Waals surface area contributed by atoms with Crippen molar-refractivity contribution in [1.29, 1.82) is 0 Å². The zero-order chi connectivity index (χ0) is 14.2. The summed E-state index contributed by atoms with van der Waals surface area (Å²) in [7, 11) is 0. The molecule has 0 saturated carbocycles. The molecule has 4 nitrogen and oxygen atoms in total. The van der Waals surface area contributed by atoms with Crippen molar-refractivity contribution in [2.24, 2.45) is 0 Å². The van der Waals surface area contributed by atoms with E-state index >= 15 is 0 Å². The first-order valence-corrected chi connectivity index (χ1v) is 6.47. The number of H-pyrrole nitrogens is 1. The van der Waals surface area contributed by atoms with E-state index in [1.165, 1.54) is 12.1 Å². The lowest BCUT2D eigenvalue weighted by Gasteiger charge is -1.93. The second-order valence-corrected chi connectivity index (χ2v) is 4.68. The van der Waals surface area contributed by atoms with Gasteiger partial charge in [0.25, 0.3) is 5.89 Å². The van der Waals surface area contributed by atoms with E-state index in [0.29, 0.717) is 17.3 Å². The predicted molar refractivity (Wildman–Crippen MR) is 77.0 cm³/mol. The summed E-state index contributed by atoms with van der Waals surface area (Å²) in [6, 6.07) is 13.9. The summed E-state index contributed by atoms with van der Waals surface area (Å²) in [6.45, 7) is 0. The standard InChI is InChI=1S/C16H10FN3O/c17-11-7-5-10(6-8-11)15-19-16(21-20-15)13-9-18-14-4-2-1-3-12(13)14/h1-9,18H. The van der Waals surface area contributed by atoms with Gasteiger partial charge in [-0.3, -0.25) is 0 Å². The van der Waals surface area contributed by atoms with Crippen molar-refractivity contribution in [1.82, 2.24) is 15.1 Å². The number of hydrogen-bond acceptors (Lipinski definition) is 3. The van der Waals surface area contributed by atoms with Crippen LogP contribution in [-0.2, 0) is 0 Å². The molecular weight excluding hydrogens is 269 g/mol. The number of aromatic nitrogens is 3. The highest BCUT2D eigenvalue weighted by atomic mass is 19.1. The fourth-order valence-electron chi connectivity index (χ4n) is 2.30. The molecule has 0 amide bonds. The van der Waals surface area contributed by atoms with Crippen LogP contribution in [0.25, 0.3) is 33.7 Å². The Bertz CT molecular complexity index is 909. The molecule has 0 atom stereocenters. The Kier molecular flexibility index (Phi) is 2.57. The third-order valence-corrected chi connectivity index (χ3v) is 3.35. The topological polar surface area (TPSA) is 54.7 Å². The average molecular weight is 279 g/mol. The van der Waals surface area contributed by atoms with Crippen molar-refractivity contribution in [2.75, 3.05) is 0 Å². The molecule has 0 unspecified atom stereocenters. The highest BCUT2D eigenvalue weighted by Gasteiger charge is 2.14. The Labute approximate surface area is 119 Å². The Hall–Kier alpha value is -2.95. The molecule has 0 bridgehead atoms. The van der Waals surface area contributed by atoms with Crippen LogP contribution < -0.4 is 0 Å². The van der Waals surface area contributed by atoms with E-state index in [9.17, 15) is 4.39 Å². The van der Waals surface area contributed by atoms with Crippen LogP contribution in [0, 0.1) is 5.82 Å². The molecule has 0 saturated heterocycles. The summed E-state index contributed by atoms with van der Waals surface area (Å²) in [5.74, 6) is 0.584. The summed E-state index contributed by atoms with van der Waals surface area (Å²) in [6.07, 6.45) is 1.84. The molecule has 0 fully saturated rings. The van der Waals surface area contributed by atoms with E-state index in [-0.39, 0.29) is 5.82 Å². The van der Waals surface area contributed by atoms with Crippen molar-refractivity contribution >= 4 is 10.9 Å². The molecule has 21 heavy (non-hydrogen) atoms. The summed E-state index contributed by atoms with van der Waals surface area (Å²) in [4.78, 5) is 7.55. The first kappa shape index (κ1) is 11.8. The summed E-state index contributed by atoms with van der Waals surface area (Å²) in [5, 5.41) is 4.98. The molecule has 2 aromatic heterocycles. The van der Waals surface area contributed by atoms with Gasteiger partial charge in [-0.15, -0.1) is 0 Å². The number of benzene rings is 2. The van der Waals surface area contributed by atoms with E-state index < -0.39 is 0 Å². The number of hydrogen-bond donors (Lipinski definition) is 1. The van der Waals surface area contributed by atoms with E-state index in [2.05, 4.69) is 15.1 Å². The average Bonchev–Trinajstić information content (AvgIpc) is 3.14. The van der Waals surface area contributed by atoms with Gasteiger partial charge in [0.05, 0.1) is 5.56 Å². The van der Waals surface area contributed by atoms with Crippen LogP contribution in [0.15, 0.2) is 59.3 Å². The van der Waals surface area contributed by atoms with Crippen molar-refractivity contribution in [2.45, 2.75) is 0 Å². The van der Waals surface area contributed by atoms with Gasteiger partial charge in [-0.25, -0.2) is 4.39 Å². The molecular formula is C16H10FN3O. The molecule has 0 aliphatic rings. The highest BCUT2D eigenvalue weighted by molar-refractivity contribution is 5.93.